The minimum Gasteiger partial charge on any atom is 0 e. The van der Waals surface area contributed by atoms with Crippen molar-refractivity contribution in [1.29, 1.82) is 0 Å². The van der Waals surface area contributed by atoms with Gasteiger partial charge in [0.25, 0.3) is 0 Å². The topological polar surface area (TPSA) is 3.24 Å². The predicted molar refractivity (Wildman–Crippen MR) is 13.7 cm³/mol. The summed E-state index contributed by atoms with van der Waals surface area (Å²) in [6, 6.07) is 0. The van der Waals surface area contributed by atoms with Gasteiger partial charge < -0.3 is 0 Å². The Morgan fingerprint density at radius 3 is 1.40 bits per heavy atom. The van der Waals surface area contributed by atoms with E-state index in [1.165, 1.54) is 0 Å². The van der Waals surface area contributed by atoms with Crippen molar-refractivity contribution in [2.24, 2.45) is 0 Å². The van der Waals surface area contributed by atoms with Gasteiger partial charge in [-0.25, -0.2) is 0 Å². The summed E-state index contributed by atoms with van der Waals surface area (Å²) < 4.78 is 2.00. The van der Waals surface area contributed by atoms with Gasteiger partial charge in [-0.15, -0.1) is 0 Å². The molecular formula is C2H6NTi2. The minimum absolute atomic E-state index is 0. The molecule has 27 valence electrons. The van der Waals surface area contributed by atoms with E-state index in [9.17, 15) is 0 Å². The summed E-state index contributed by atoms with van der Waals surface area (Å²) in [6.45, 7) is 0. The average Bonchev–Trinajstić information content (AvgIpc) is 0.811. The fourth-order valence-corrected chi connectivity index (χ4v) is 0. The first-order chi connectivity index (χ1) is 1.73. The molecule has 3 heteroatoms. The summed E-state index contributed by atoms with van der Waals surface area (Å²) in [6.07, 6.45) is 0. The van der Waals surface area contributed by atoms with Crippen LogP contribution in [0.2, 0.25) is 0 Å². The van der Waals surface area contributed by atoms with E-state index < -0.39 is 0 Å². The maximum absolute atomic E-state index is 2.00. The molecule has 0 saturated heterocycles. The maximum Gasteiger partial charge on any atom is 0 e. The molecule has 0 aromatic heterocycles. The van der Waals surface area contributed by atoms with Crippen molar-refractivity contribution in [2.45, 2.75) is 0 Å². The molecule has 0 rings (SSSR count). The molecule has 0 aliphatic rings. The Hall–Kier alpha value is 1.39. The van der Waals surface area contributed by atoms with Crippen LogP contribution in [0.5, 0.6) is 0 Å². The van der Waals surface area contributed by atoms with E-state index in [1.54, 1.807) is 0 Å². The number of rotatable bonds is 0. The van der Waals surface area contributed by atoms with Gasteiger partial charge in [-0.1, -0.05) is 0 Å². The van der Waals surface area contributed by atoms with E-state index in [-0.39, 0.29) is 21.7 Å². The van der Waals surface area contributed by atoms with Crippen LogP contribution >= 0.6 is 0 Å². The molecule has 5 heavy (non-hydrogen) atoms. The van der Waals surface area contributed by atoms with E-state index in [0.29, 0.717) is 0 Å². The Labute approximate surface area is 59.7 Å². The molecule has 0 aromatic rings. The monoisotopic (exact) mass is 140 g/mol. The molecule has 0 aromatic carbocycles. The number of nitrogens with zero attached hydrogens (tertiary/aromatic N) is 1. The quantitative estimate of drug-likeness (QED) is 0.428. The van der Waals surface area contributed by atoms with Crippen LogP contribution in [0, 0.1) is 0 Å². The van der Waals surface area contributed by atoms with Crippen molar-refractivity contribution < 1.29 is 42.4 Å². The van der Waals surface area contributed by atoms with Gasteiger partial charge in [-0.3, -0.25) is 0 Å². The van der Waals surface area contributed by atoms with E-state index in [2.05, 4.69) is 0 Å². The zero-order valence-electron chi connectivity index (χ0n) is 3.45. The second-order valence-electron chi connectivity index (χ2n) is 0.894. The molecule has 0 saturated carbocycles. The fourth-order valence-electron chi connectivity index (χ4n) is 0. The summed E-state index contributed by atoms with van der Waals surface area (Å²) in [4.78, 5) is 0. The van der Waals surface area contributed by atoms with Crippen molar-refractivity contribution in [3.8, 4) is 0 Å². The smallest absolute Gasteiger partial charge is 0 e. The fraction of sp³-hybridized carbons (Fsp3) is 1.00. The first-order valence-corrected chi connectivity index (χ1v) is 1.82. The summed E-state index contributed by atoms with van der Waals surface area (Å²) in [5.41, 5.74) is 0. The van der Waals surface area contributed by atoms with E-state index >= 15 is 0 Å². The molecule has 0 fully saturated rings. The van der Waals surface area contributed by atoms with Crippen LogP contribution in [0.1, 0.15) is 0 Å². The Morgan fingerprint density at radius 1 is 1.40 bits per heavy atom. The van der Waals surface area contributed by atoms with Crippen LogP contribution in [0.25, 0.3) is 0 Å². The Bertz CT molecular complexity index is 12.4. The Balaban J connectivity index is 0. The first-order valence-electron chi connectivity index (χ1n) is 1.12. The molecular weight excluding hydrogens is 134 g/mol. The number of hydrogen-bond donors (Lipinski definition) is 0. The van der Waals surface area contributed by atoms with Crippen molar-refractivity contribution >= 4 is 0 Å². The Kier molecular flexibility index (Phi) is 10.4. The van der Waals surface area contributed by atoms with Gasteiger partial charge in [0.15, 0.2) is 0 Å². The summed E-state index contributed by atoms with van der Waals surface area (Å²) in [5, 5.41) is 0. The largest absolute Gasteiger partial charge is 0 e. The standard InChI is InChI=1S/C2H6N.2Ti/c1-3-2;;/h1-2H3;;/q-1;;+1. The second kappa shape index (κ2) is 5.39. The zero-order valence-corrected chi connectivity index (χ0v) is 6.57. The predicted octanol–water partition coefficient (Wildman–Crippen LogP) is 0.00730. The number of hydrogen-bond acceptors (Lipinski definition) is 1. The van der Waals surface area contributed by atoms with E-state index in [1.807, 2.05) is 38.2 Å². The maximum atomic E-state index is 2.00. The second-order valence-corrected chi connectivity index (χ2v) is 2.29. The molecule has 0 unspecified atom stereocenters. The SMILES string of the molecule is C[N](C)[Ti].[Ti]. The molecule has 0 atom stereocenters. The van der Waals surface area contributed by atoms with Crippen LogP contribution in [0.3, 0.4) is 0 Å². The average molecular weight is 140 g/mol. The Morgan fingerprint density at radius 2 is 1.40 bits per heavy atom. The molecule has 0 bridgehead atoms. The van der Waals surface area contributed by atoms with Gasteiger partial charge >= 0.3 is 38.2 Å². The third-order valence-corrected chi connectivity index (χ3v) is 0. The molecule has 1 nitrogen and oxygen atoms in total. The molecule has 0 aliphatic carbocycles. The summed E-state index contributed by atoms with van der Waals surface area (Å²) in [5.74, 6) is 0. The van der Waals surface area contributed by atoms with Crippen LogP contribution in [0.4, 0.5) is 0 Å². The molecule has 0 spiro atoms. The van der Waals surface area contributed by atoms with Gasteiger partial charge in [-0.05, 0) is 0 Å². The zero-order chi connectivity index (χ0) is 3.58. The van der Waals surface area contributed by atoms with E-state index in [4.69, 9.17) is 0 Å². The van der Waals surface area contributed by atoms with Gasteiger partial charge in [0, 0.05) is 21.7 Å². The van der Waals surface area contributed by atoms with E-state index in [0.717, 1.165) is 0 Å². The summed E-state index contributed by atoms with van der Waals surface area (Å²) >= 11 is 2.00. The third-order valence-electron chi connectivity index (χ3n) is 0. The van der Waals surface area contributed by atoms with Gasteiger partial charge in [0.2, 0.25) is 0 Å². The van der Waals surface area contributed by atoms with Gasteiger partial charge in [-0.2, -0.15) is 0 Å². The molecule has 0 amide bonds. The van der Waals surface area contributed by atoms with Gasteiger partial charge in [0.05, 0.1) is 0 Å². The van der Waals surface area contributed by atoms with Crippen molar-refractivity contribution in [1.82, 2.24) is 3.38 Å². The van der Waals surface area contributed by atoms with Crippen LogP contribution in [-0.2, 0) is 42.4 Å². The van der Waals surface area contributed by atoms with Crippen molar-refractivity contribution in [3.05, 3.63) is 0 Å². The molecule has 0 N–H and O–H groups in total. The van der Waals surface area contributed by atoms with Crippen molar-refractivity contribution in [3.63, 3.8) is 0 Å². The minimum atomic E-state index is 0. The molecule has 0 radical (unpaired) electrons. The molecule has 0 heterocycles. The van der Waals surface area contributed by atoms with Crippen LogP contribution in [-0.4, -0.2) is 17.5 Å². The third kappa shape index (κ3) is 32.1. The van der Waals surface area contributed by atoms with Crippen LogP contribution in [0.15, 0.2) is 0 Å². The van der Waals surface area contributed by atoms with Gasteiger partial charge in [0.1, 0.15) is 0 Å². The summed E-state index contributed by atoms with van der Waals surface area (Å²) in [7, 11) is 4.00. The van der Waals surface area contributed by atoms with Crippen molar-refractivity contribution in [2.75, 3.05) is 14.1 Å². The normalized spacial score (nSPS) is 6.80. The molecule has 0 aliphatic heterocycles. The van der Waals surface area contributed by atoms with Crippen LogP contribution < -0.4 is 0 Å². The first kappa shape index (κ1) is 9.63.